The van der Waals surface area contributed by atoms with E-state index in [0.717, 1.165) is 25.0 Å². The quantitative estimate of drug-likeness (QED) is 0.735. The largest absolute Gasteiger partial charge is 0.488 e. The van der Waals surface area contributed by atoms with Gasteiger partial charge < -0.3 is 19.1 Å². The van der Waals surface area contributed by atoms with Crippen LogP contribution in [0.25, 0.3) is 0 Å². The Bertz CT molecular complexity index is 774. The van der Waals surface area contributed by atoms with Crippen molar-refractivity contribution in [1.82, 2.24) is 14.5 Å². The molecule has 0 amide bonds. The van der Waals surface area contributed by atoms with E-state index in [0.29, 0.717) is 24.5 Å². The van der Waals surface area contributed by atoms with Gasteiger partial charge in [0, 0.05) is 25.8 Å². The van der Waals surface area contributed by atoms with Crippen LogP contribution in [0.3, 0.4) is 0 Å². The van der Waals surface area contributed by atoms with Gasteiger partial charge in [-0.2, -0.15) is 0 Å². The molecule has 3 rings (SSSR count). The first-order chi connectivity index (χ1) is 13.5. The number of aliphatic hydroxyl groups is 1. The maximum atomic E-state index is 11.8. The number of rotatable bonds is 7. The summed E-state index contributed by atoms with van der Waals surface area (Å²) >= 11 is 0. The SMILES string of the molecule is CCOC(=O)c1ccc(O[C@H]2CCC[C@@H](N(C)Cc3cn(C)cn3)[C@@H]2O)cc1. The van der Waals surface area contributed by atoms with Crippen LogP contribution in [0.5, 0.6) is 5.75 Å². The van der Waals surface area contributed by atoms with Gasteiger partial charge in [-0.25, -0.2) is 9.78 Å². The van der Waals surface area contributed by atoms with Crippen molar-refractivity contribution >= 4 is 5.97 Å². The Morgan fingerprint density at radius 3 is 2.71 bits per heavy atom. The molecule has 0 unspecified atom stereocenters. The van der Waals surface area contributed by atoms with Crippen LogP contribution in [0.4, 0.5) is 0 Å². The van der Waals surface area contributed by atoms with Gasteiger partial charge in [0.05, 0.1) is 24.2 Å². The van der Waals surface area contributed by atoms with Crippen LogP contribution in [-0.4, -0.2) is 57.4 Å². The minimum atomic E-state index is -0.591. The fourth-order valence-corrected chi connectivity index (χ4v) is 3.71. The Labute approximate surface area is 165 Å². The molecular weight excluding hydrogens is 358 g/mol. The Balaban J connectivity index is 1.60. The van der Waals surface area contributed by atoms with Gasteiger partial charge in [0.1, 0.15) is 18.0 Å². The number of ether oxygens (including phenoxy) is 2. The summed E-state index contributed by atoms with van der Waals surface area (Å²) in [6, 6.07) is 6.89. The van der Waals surface area contributed by atoms with Crippen LogP contribution >= 0.6 is 0 Å². The zero-order valence-electron chi connectivity index (χ0n) is 16.7. The molecule has 0 aliphatic heterocycles. The summed E-state index contributed by atoms with van der Waals surface area (Å²) in [5.74, 6) is 0.299. The highest BCUT2D eigenvalue weighted by Gasteiger charge is 2.35. The molecule has 3 atom stereocenters. The molecule has 7 heteroatoms. The molecule has 0 spiro atoms. The minimum Gasteiger partial charge on any atom is -0.488 e. The van der Waals surface area contributed by atoms with Gasteiger partial charge in [-0.05, 0) is 57.5 Å². The van der Waals surface area contributed by atoms with Crippen molar-refractivity contribution < 1.29 is 19.4 Å². The molecule has 1 saturated carbocycles. The molecule has 1 aliphatic carbocycles. The minimum absolute atomic E-state index is 0.0135. The standard InChI is InChI=1S/C21H29N3O4/c1-4-27-21(26)15-8-10-17(11-9-15)28-19-7-5-6-18(20(19)25)24(3)13-16-12-23(2)14-22-16/h8-12,14,18-20,25H,4-7,13H2,1-3H3/t18-,19+,20+/m1/s1. The van der Waals surface area contributed by atoms with E-state index in [1.165, 1.54) is 0 Å². The molecule has 0 bridgehead atoms. The van der Waals surface area contributed by atoms with Crippen molar-refractivity contribution in [1.29, 1.82) is 0 Å². The highest BCUT2D eigenvalue weighted by Crippen LogP contribution is 2.28. The number of esters is 1. The van der Waals surface area contributed by atoms with Crippen LogP contribution in [0.1, 0.15) is 42.2 Å². The second-order valence-corrected chi connectivity index (χ2v) is 7.34. The Morgan fingerprint density at radius 1 is 1.32 bits per heavy atom. The van der Waals surface area contributed by atoms with Crippen LogP contribution in [0.15, 0.2) is 36.8 Å². The van der Waals surface area contributed by atoms with E-state index in [1.54, 1.807) is 37.5 Å². The van der Waals surface area contributed by atoms with Crippen LogP contribution in [-0.2, 0) is 18.3 Å². The maximum absolute atomic E-state index is 11.8. The van der Waals surface area contributed by atoms with E-state index < -0.39 is 6.10 Å². The van der Waals surface area contributed by atoms with E-state index in [1.807, 2.05) is 24.9 Å². The van der Waals surface area contributed by atoms with Gasteiger partial charge in [-0.3, -0.25) is 4.90 Å². The number of hydrogen-bond acceptors (Lipinski definition) is 6. The Kier molecular flexibility index (Phi) is 6.70. The summed E-state index contributed by atoms with van der Waals surface area (Å²) in [5, 5.41) is 10.9. The zero-order valence-corrected chi connectivity index (χ0v) is 16.7. The Morgan fingerprint density at radius 2 is 2.07 bits per heavy atom. The summed E-state index contributed by atoms with van der Waals surface area (Å²) in [4.78, 5) is 18.3. The van der Waals surface area contributed by atoms with E-state index in [4.69, 9.17) is 9.47 Å². The third-order valence-corrected chi connectivity index (χ3v) is 5.15. The molecule has 1 fully saturated rings. The highest BCUT2D eigenvalue weighted by atomic mass is 16.5. The van der Waals surface area contributed by atoms with Gasteiger partial charge in [0.15, 0.2) is 0 Å². The van der Waals surface area contributed by atoms with Gasteiger partial charge in [0.2, 0.25) is 0 Å². The number of imidazole rings is 1. The van der Waals surface area contributed by atoms with E-state index in [-0.39, 0.29) is 18.1 Å². The van der Waals surface area contributed by atoms with Gasteiger partial charge in [-0.15, -0.1) is 0 Å². The average molecular weight is 387 g/mol. The average Bonchev–Trinajstić information content (AvgIpc) is 3.08. The summed E-state index contributed by atoms with van der Waals surface area (Å²) in [5.41, 5.74) is 1.47. The van der Waals surface area contributed by atoms with Gasteiger partial charge in [-0.1, -0.05) is 0 Å². The van der Waals surface area contributed by atoms with Crippen molar-refractivity contribution in [2.24, 2.45) is 7.05 Å². The van der Waals surface area contributed by atoms with E-state index in [2.05, 4.69) is 9.88 Å². The second-order valence-electron chi connectivity index (χ2n) is 7.34. The molecule has 1 heterocycles. The number of carbonyl (C=O) groups excluding carboxylic acids is 1. The fourth-order valence-electron chi connectivity index (χ4n) is 3.71. The monoisotopic (exact) mass is 387 g/mol. The molecule has 0 radical (unpaired) electrons. The number of carbonyl (C=O) groups is 1. The van der Waals surface area contributed by atoms with Crippen LogP contribution in [0.2, 0.25) is 0 Å². The zero-order chi connectivity index (χ0) is 20.1. The molecule has 0 saturated heterocycles. The number of aryl methyl sites for hydroxylation is 1. The number of likely N-dealkylation sites (N-methyl/N-ethyl adjacent to an activating group) is 1. The number of nitrogens with zero attached hydrogens (tertiary/aromatic N) is 3. The van der Waals surface area contributed by atoms with E-state index >= 15 is 0 Å². The molecule has 2 aromatic rings. The molecule has 1 aliphatic rings. The van der Waals surface area contributed by atoms with Crippen molar-refractivity contribution in [3.8, 4) is 5.75 Å². The number of aromatic nitrogens is 2. The normalized spacial score (nSPS) is 22.2. The maximum Gasteiger partial charge on any atom is 0.338 e. The molecule has 1 aromatic carbocycles. The predicted molar refractivity (Wildman–Crippen MR) is 105 cm³/mol. The van der Waals surface area contributed by atoms with Gasteiger partial charge in [0.25, 0.3) is 0 Å². The smallest absolute Gasteiger partial charge is 0.338 e. The third-order valence-electron chi connectivity index (χ3n) is 5.15. The summed E-state index contributed by atoms with van der Waals surface area (Å²) in [7, 11) is 3.96. The number of benzene rings is 1. The molecule has 28 heavy (non-hydrogen) atoms. The van der Waals surface area contributed by atoms with Crippen molar-refractivity contribution in [2.75, 3.05) is 13.7 Å². The number of hydrogen-bond donors (Lipinski definition) is 1. The lowest BCUT2D eigenvalue weighted by Crippen LogP contribution is -2.51. The summed E-state index contributed by atoms with van der Waals surface area (Å²) < 4.78 is 13.0. The summed E-state index contributed by atoms with van der Waals surface area (Å²) in [6.07, 6.45) is 5.61. The fraction of sp³-hybridized carbons (Fsp3) is 0.524. The highest BCUT2D eigenvalue weighted by molar-refractivity contribution is 5.89. The molecule has 1 aromatic heterocycles. The van der Waals surface area contributed by atoms with Crippen LogP contribution < -0.4 is 4.74 Å². The lowest BCUT2D eigenvalue weighted by atomic mass is 9.89. The van der Waals surface area contributed by atoms with Crippen molar-refractivity contribution in [2.45, 2.75) is 51.0 Å². The van der Waals surface area contributed by atoms with E-state index in [9.17, 15) is 9.90 Å². The molecule has 1 N–H and O–H groups in total. The Hall–Kier alpha value is -2.38. The molecule has 7 nitrogen and oxygen atoms in total. The van der Waals surface area contributed by atoms with Crippen molar-refractivity contribution in [3.63, 3.8) is 0 Å². The lowest BCUT2D eigenvalue weighted by Gasteiger charge is -2.39. The second kappa shape index (κ2) is 9.21. The first-order valence-corrected chi connectivity index (χ1v) is 9.77. The van der Waals surface area contributed by atoms with Gasteiger partial charge >= 0.3 is 5.97 Å². The molecular formula is C21H29N3O4. The third kappa shape index (κ3) is 4.91. The molecule has 152 valence electrons. The number of aliphatic hydroxyl groups excluding tert-OH is 1. The summed E-state index contributed by atoms with van der Waals surface area (Å²) in [6.45, 7) is 2.81. The first kappa shape index (κ1) is 20.4. The van der Waals surface area contributed by atoms with Crippen molar-refractivity contribution in [3.05, 3.63) is 48.0 Å². The van der Waals surface area contributed by atoms with Crippen LogP contribution in [0, 0.1) is 0 Å². The first-order valence-electron chi connectivity index (χ1n) is 9.77. The predicted octanol–water partition coefficient (Wildman–Crippen LogP) is 2.39. The topological polar surface area (TPSA) is 76.8 Å². The lowest BCUT2D eigenvalue weighted by molar-refractivity contribution is -0.0493.